The molecule has 0 fully saturated rings. The van der Waals surface area contributed by atoms with Gasteiger partial charge < -0.3 is 5.32 Å². The number of hydrogen-bond acceptors (Lipinski definition) is 3. The van der Waals surface area contributed by atoms with Crippen LogP contribution in [0.15, 0.2) is 18.2 Å². The molecule has 1 aromatic carbocycles. The first-order valence-corrected chi connectivity index (χ1v) is 6.34. The summed E-state index contributed by atoms with van der Waals surface area (Å²) in [5.74, 6) is -0.643. The molecule has 0 aliphatic carbocycles. The molecule has 0 spiro atoms. The molecule has 2 rings (SSSR count). The van der Waals surface area contributed by atoms with Gasteiger partial charge in [0.05, 0.1) is 5.69 Å². The molecule has 0 saturated carbocycles. The zero-order chi connectivity index (χ0) is 14.9. The number of carbonyl (C=O) groups is 1. The highest BCUT2D eigenvalue weighted by Crippen LogP contribution is 2.21. The van der Waals surface area contributed by atoms with Gasteiger partial charge in [-0.15, -0.1) is 5.10 Å². The van der Waals surface area contributed by atoms with Gasteiger partial charge in [0.15, 0.2) is 0 Å². The summed E-state index contributed by atoms with van der Waals surface area (Å²) in [6, 6.07) is 3.90. The third kappa shape index (κ3) is 3.14. The van der Waals surface area contributed by atoms with Crippen LogP contribution in [0.1, 0.15) is 37.2 Å². The molecule has 1 heterocycles. The van der Waals surface area contributed by atoms with Crippen LogP contribution in [0, 0.1) is 5.82 Å². The van der Waals surface area contributed by atoms with Crippen molar-refractivity contribution in [2.24, 2.45) is 0 Å². The van der Waals surface area contributed by atoms with E-state index in [9.17, 15) is 9.18 Å². The Bertz CT molecular complexity index is 648. The van der Waals surface area contributed by atoms with E-state index in [-0.39, 0.29) is 16.9 Å². The number of nitrogens with zero attached hydrogens (tertiary/aromatic N) is 2. The normalized spacial score (nSPS) is 11.4. The number of carbonyl (C=O) groups excluding carboxylic acids is 1. The number of benzene rings is 1. The standard InChI is InChI=1S/C13H14ClFN4O/c1-13(2,3)12-17-10(18-19-12)11(20)16-9-6-7(14)4-5-8(9)15/h4-6H,1-3H3,(H,16,20)(H,17,18,19). The number of amides is 1. The molecule has 106 valence electrons. The molecule has 1 amide bonds. The van der Waals surface area contributed by atoms with Crippen molar-refractivity contribution in [3.8, 4) is 0 Å². The number of nitrogens with one attached hydrogen (secondary N) is 2. The highest BCUT2D eigenvalue weighted by molar-refractivity contribution is 6.30. The Morgan fingerprint density at radius 3 is 2.70 bits per heavy atom. The van der Waals surface area contributed by atoms with E-state index in [2.05, 4.69) is 20.5 Å². The van der Waals surface area contributed by atoms with Gasteiger partial charge in [0.1, 0.15) is 11.6 Å². The Kier molecular flexibility index (Phi) is 3.76. The van der Waals surface area contributed by atoms with Gasteiger partial charge >= 0.3 is 0 Å². The van der Waals surface area contributed by atoms with Gasteiger partial charge in [-0.05, 0) is 18.2 Å². The second-order valence-electron chi connectivity index (χ2n) is 5.34. The van der Waals surface area contributed by atoms with Crippen LogP contribution < -0.4 is 5.32 Å². The van der Waals surface area contributed by atoms with Crippen molar-refractivity contribution >= 4 is 23.2 Å². The van der Waals surface area contributed by atoms with Gasteiger partial charge in [0.2, 0.25) is 5.82 Å². The Morgan fingerprint density at radius 1 is 1.40 bits per heavy atom. The predicted octanol–water partition coefficient (Wildman–Crippen LogP) is 3.15. The SMILES string of the molecule is CC(C)(C)c1nc(C(=O)Nc2cc(Cl)ccc2F)n[nH]1. The highest BCUT2D eigenvalue weighted by Gasteiger charge is 2.21. The number of rotatable bonds is 2. The van der Waals surface area contributed by atoms with Crippen molar-refractivity contribution in [1.29, 1.82) is 0 Å². The first kappa shape index (κ1) is 14.5. The Labute approximate surface area is 120 Å². The fourth-order valence-corrected chi connectivity index (χ4v) is 1.64. The molecule has 1 aromatic heterocycles. The van der Waals surface area contributed by atoms with E-state index in [0.29, 0.717) is 10.8 Å². The van der Waals surface area contributed by atoms with Crippen LogP contribution in [0.25, 0.3) is 0 Å². The maximum atomic E-state index is 13.5. The predicted molar refractivity (Wildman–Crippen MR) is 74.4 cm³/mol. The molecule has 20 heavy (non-hydrogen) atoms. The Balaban J connectivity index is 2.20. The summed E-state index contributed by atoms with van der Waals surface area (Å²) in [6.07, 6.45) is 0. The molecule has 0 aliphatic rings. The van der Waals surface area contributed by atoms with Crippen molar-refractivity contribution in [2.45, 2.75) is 26.2 Å². The summed E-state index contributed by atoms with van der Waals surface area (Å²) >= 11 is 5.75. The molecule has 0 unspecified atom stereocenters. The van der Waals surface area contributed by atoms with E-state index >= 15 is 0 Å². The van der Waals surface area contributed by atoms with Crippen molar-refractivity contribution in [1.82, 2.24) is 15.2 Å². The monoisotopic (exact) mass is 296 g/mol. The molecule has 0 atom stereocenters. The molecule has 7 heteroatoms. The van der Waals surface area contributed by atoms with Crippen LogP contribution >= 0.6 is 11.6 Å². The molecule has 0 radical (unpaired) electrons. The minimum atomic E-state index is -0.599. The van der Waals surface area contributed by atoms with Gasteiger partial charge in [0.25, 0.3) is 5.91 Å². The lowest BCUT2D eigenvalue weighted by atomic mass is 9.96. The summed E-state index contributed by atoms with van der Waals surface area (Å²) in [4.78, 5) is 16.0. The molecule has 0 aliphatic heterocycles. The third-order valence-electron chi connectivity index (χ3n) is 2.58. The molecular weight excluding hydrogens is 283 g/mol. The minimum Gasteiger partial charge on any atom is -0.317 e. The first-order chi connectivity index (χ1) is 9.27. The fraction of sp³-hybridized carbons (Fsp3) is 0.308. The van der Waals surface area contributed by atoms with Crippen LogP contribution in [-0.4, -0.2) is 21.1 Å². The first-order valence-electron chi connectivity index (χ1n) is 5.96. The zero-order valence-corrected chi connectivity index (χ0v) is 12.0. The lowest BCUT2D eigenvalue weighted by molar-refractivity contribution is 0.101. The molecule has 2 aromatic rings. The number of anilines is 1. The topological polar surface area (TPSA) is 70.7 Å². The second-order valence-corrected chi connectivity index (χ2v) is 5.77. The lowest BCUT2D eigenvalue weighted by Gasteiger charge is -2.12. The van der Waals surface area contributed by atoms with Crippen LogP contribution in [0.3, 0.4) is 0 Å². The van der Waals surface area contributed by atoms with Crippen molar-refractivity contribution in [3.05, 3.63) is 40.7 Å². The van der Waals surface area contributed by atoms with Gasteiger partial charge in [-0.1, -0.05) is 32.4 Å². The molecule has 5 nitrogen and oxygen atoms in total. The van der Waals surface area contributed by atoms with Gasteiger partial charge in [-0.2, -0.15) is 0 Å². The van der Waals surface area contributed by atoms with E-state index < -0.39 is 11.7 Å². The largest absolute Gasteiger partial charge is 0.317 e. The maximum absolute atomic E-state index is 13.5. The van der Waals surface area contributed by atoms with Crippen LogP contribution in [-0.2, 0) is 5.41 Å². The highest BCUT2D eigenvalue weighted by atomic mass is 35.5. The second kappa shape index (κ2) is 5.20. The van der Waals surface area contributed by atoms with Crippen LogP contribution in [0.5, 0.6) is 0 Å². The third-order valence-corrected chi connectivity index (χ3v) is 2.81. The molecular formula is C13H14ClFN4O. The smallest absolute Gasteiger partial charge is 0.295 e. The summed E-state index contributed by atoms with van der Waals surface area (Å²) in [6.45, 7) is 5.81. The number of aromatic nitrogens is 3. The summed E-state index contributed by atoms with van der Waals surface area (Å²) in [5.41, 5.74) is -0.267. The van der Waals surface area contributed by atoms with Crippen LogP contribution in [0.4, 0.5) is 10.1 Å². The van der Waals surface area contributed by atoms with Gasteiger partial charge in [-0.25, -0.2) is 9.37 Å². The Hall–Kier alpha value is -1.95. The average molecular weight is 297 g/mol. The molecule has 0 bridgehead atoms. The molecule has 2 N–H and O–H groups in total. The minimum absolute atomic E-state index is 0.00962. The summed E-state index contributed by atoms with van der Waals surface area (Å²) in [5, 5.41) is 9.24. The van der Waals surface area contributed by atoms with E-state index in [4.69, 9.17) is 11.6 Å². The number of H-pyrrole nitrogens is 1. The van der Waals surface area contributed by atoms with Crippen molar-refractivity contribution < 1.29 is 9.18 Å². The lowest BCUT2D eigenvalue weighted by Crippen LogP contribution is -2.16. The van der Waals surface area contributed by atoms with Crippen molar-refractivity contribution in [2.75, 3.05) is 5.32 Å². The van der Waals surface area contributed by atoms with Crippen molar-refractivity contribution in [3.63, 3.8) is 0 Å². The number of halogens is 2. The quantitative estimate of drug-likeness (QED) is 0.894. The van der Waals surface area contributed by atoms with E-state index in [1.165, 1.54) is 18.2 Å². The summed E-state index contributed by atoms with van der Waals surface area (Å²) in [7, 11) is 0. The van der Waals surface area contributed by atoms with E-state index in [0.717, 1.165) is 0 Å². The average Bonchev–Trinajstić information content (AvgIpc) is 2.83. The zero-order valence-electron chi connectivity index (χ0n) is 11.3. The fourth-order valence-electron chi connectivity index (χ4n) is 1.47. The number of aromatic amines is 1. The van der Waals surface area contributed by atoms with Crippen LogP contribution in [0.2, 0.25) is 5.02 Å². The molecule has 0 saturated heterocycles. The maximum Gasteiger partial charge on any atom is 0.295 e. The van der Waals surface area contributed by atoms with E-state index in [1.807, 2.05) is 20.8 Å². The van der Waals surface area contributed by atoms with E-state index in [1.54, 1.807) is 0 Å². The summed E-state index contributed by atoms with van der Waals surface area (Å²) < 4.78 is 13.5. The number of hydrogen-bond donors (Lipinski definition) is 2. The van der Waals surface area contributed by atoms with Gasteiger partial charge in [-0.3, -0.25) is 9.89 Å². The Morgan fingerprint density at radius 2 is 2.10 bits per heavy atom. The van der Waals surface area contributed by atoms with Gasteiger partial charge in [0, 0.05) is 10.4 Å².